The first-order valence-electron chi connectivity index (χ1n) is 5.88. The molecular weight excluding hydrogens is 280 g/mol. The van der Waals surface area contributed by atoms with Gasteiger partial charge in [0.05, 0.1) is 12.4 Å². The van der Waals surface area contributed by atoms with Gasteiger partial charge < -0.3 is 4.74 Å². The Morgan fingerprint density at radius 2 is 2.11 bits per heavy atom. The summed E-state index contributed by atoms with van der Waals surface area (Å²) < 4.78 is 9.94. The van der Waals surface area contributed by atoms with Gasteiger partial charge in [-0.25, -0.2) is 4.98 Å². The number of esters is 1. The molecule has 1 aromatic heterocycles. The zero-order valence-electron chi connectivity index (χ0n) is 10.8. The smallest absolute Gasteiger partial charge is 0.316 e. The molecular formula is C13H14N2O2S2. The number of benzene rings is 1. The maximum absolute atomic E-state index is 11.2. The van der Waals surface area contributed by atoms with Crippen LogP contribution in [0.1, 0.15) is 12.5 Å². The zero-order chi connectivity index (χ0) is 13.7. The maximum atomic E-state index is 11.2. The third kappa shape index (κ3) is 4.04. The molecule has 0 bridgehead atoms. The number of hydrogen-bond acceptors (Lipinski definition) is 6. The van der Waals surface area contributed by atoms with Crippen molar-refractivity contribution in [1.29, 1.82) is 0 Å². The van der Waals surface area contributed by atoms with Crippen molar-refractivity contribution >= 4 is 29.3 Å². The highest BCUT2D eigenvalue weighted by Crippen LogP contribution is 2.25. The fraction of sp³-hybridized carbons (Fsp3) is 0.308. The standard InChI is InChI=1S/C13H14N2O2S2/c1-3-17-11(16)8-18-13-14-12(15-19-13)10-6-4-9(2)5-7-10/h4-7H,3,8H2,1-2H3. The van der Waals surface area contributed by atoms with E-state index in [1.165, 1.54) is 28.9 Å². The van der Waals surface area contributed by atoms with E-state index < -0.39 is 0 Å². The number of nitrogens with zero attached hydrogens (tertiary/aromatic N) is 2. The molecule has 2 rings (SSSR count). The van der Waals surface area contributed by atoms with E-state index >= 15 is 0 Å². The monoisotopic (exact) mass is 294 g/mol. The van der Waals surface area contributed by atoms with Crippen molar-refractivity contribution in [3.05, 3.63) is 29.8 Å². The molecule has 0 fully saturated rings. The Morgan fingerprint density at radius 1 is 1.37 bits per heavy atom. The van der Waals surface area contributed by atoms with E-state index in [9.17, 15) is 4.79 Å². The van der Waals surface area contributed by atoms with E-state index in [1.807, 2.05) is 31.2 Å². The number of carbonyl (C=O) groups excluding carboxylic acids is 1. The highest BCUT2D eigenvalue weighted by molar-refractivity contribution is 8.01. The second-order valence-corrected chi connectivity index (χ2v) is 5.82. The van der Waals surface area contributed by atoms with Crippen LogP contribution in [-0.4, -0.2) is 27.7 Å². The van der Waals surface area contributed by atoms with E-state index in [1.54, 1.807) is 6.92 Å². The molecule has 100 valence electrons. The molecule has 1 heterocycles. The Morgan fingerprint density at radius 3 is 2.79 bits per heavy atom. The molecule has 2 aromatic rings. The molecule has 0 saturated carbocycles. The van der Waals surface area contributed by atoms with E-state index in [0.717, 1.165) is 9.90 Å². The van der Waals surface area contributed by atoms with Gasteiger partial charge in [0.1, 0.15) is 0 Å². The highest BCUT2D eigenvalue weighted by atomic mass is 32.2. The van der Waals surface area contributed by atoms with Crippen molar-refractivity contribution in [3.63, 3.8) is 0 Å². The molecule has 6 heteroatoms. The highest BCUT2D eigenvalue weighted by Gasteiger charge is 2.09. The van der Waals surface area contributed by atoms with Crippen molar-refractivity contribution in [3.8, 4) is 11.4 Å². The normalized spacial score (nSPS) is 10.4. The molecule has 0 saturated heterocycles. The van der Waals surface area contributed by atoms with Crippen LogP contribution in [0.2, 0.25) is 0 Å². The van der Waals surface area contributed by atoms with Gasteiger partial charge in [0.15, 0.2) is 10.2 Å². The van der Waals surface area contributed by atoms with Crippen LogP contribution in [0, 0.1) is 6.92 Å². The Labute approximate surface area is 120 Å². The summed E-state index contributed by atoms with van der Waals surface area (Å²) in [6.07, 6.45) is 0. The van der Waals surface area contributed by atoms with Crippen LogP contribution >= 0.6 is 23.3 Å². The van der Waals surface area contributed by atoms with E-state index in [4.69, 9.17) is 4.74 Å². The van der Waals surface area contributed by atoms with Crippen molar-refractivity contribution in [1.82, 2.24) is 9.36 Å². The summed E-state index contributed by atoms with van der Waals surface area (Å²) in [5.74, 6) is 0.757. The van der Waals surface area contributed by atoms with Crippen molar-refractivity contribution in [2.75, 3.05) is 12.4 Å². The first-order chi connectivity index (χ1) is 9.19. The maximum Gasteiger partial charge on any atom is 0.316 e. The van der Waals surface area contributed by atoms with Gasteiger partial charge in [-0.1, -0.05) is 41.6 Å². The van der Waals surface area contributed by atoms with Crippen LogP contribution < -0.4 is 0 Å². The van der Waals surface area contributed by atoms with Crippen LogP contribution in [0.15, 0.2) is 28.6 Å². The fourth-order valence-corrected chi connectivity index (χ4v) is 2.82. The van der Waals surface area contributed by atoms with E-state index in [0.29, 0.717) is 12.4 Å². The number of rotatable bonds is 5. The number of thioether (sulfide) groups is 1. The summed E-state index contributed by atoms with van der Waals surface area (Å²) in [6, 6.07) is 8.05. The lowest BCUT2D eigenvalue weighted by Crippen LogP contribution is -2.06. The van der Waals surface area contributed by atoms with Gasteiger partial charge in [-0.2, -0.15) is 4.37 Å². The summed E-state index contributed by atoms with van der Waals surface area (Å²) >= 11 is 2.66. The molecule has 4 nitrogen and oxygen atoms in total. The lowest BCUT2D eigenvalue weighted by Gasteiger charge is -1.98. The molecule has 0 aliphatic rings. The second-order valence-electron chi connectivity index (χ2n) is 3.84. The number of aryl methyl sites for hydroxylation is 1. The quantitative estimate of drug-likeness (QED) is 0.626. The van der Waals surface area contributed by atoms with Gasteiger partial charge in [0.2, 0.25) is 0 Å². The van der Waals surface area contributed by atoms with Gasteiger partial charge >= 0.3 is 5.97 Å². The second kappa shape index (κ2) is 6.68. The predicted octanol–water partition coefficient (Wildman–Crippen LogP) is 3.17. The third-order valence-corrected chi connectivity index (χ3v) is 4.14. The van der Waals surface area contributed by atoms with Crippen molar-refractivity contribution < 1.29 is 9.53 Å². The summed E-state index contributed by atoms with van der Waals surface area (Å²) in [5, 5.41) is 0. The molecule has 0 aliphatic carbocycles. The fourth-order valence-electron chi connectivity index (χ4n) is 1.41. The summed E-state index contributed by atoms with van der Waals surface area (Å²) in [7, 11) is 0. The van der Waals surface area contributed by atoms with Gasteiger partial charge in [0.25, 0.3) is 0 Å². The number of carbonyl (C=O) groups is 1. The number of aromatic nitrogens is 2. The lowest BCUT2D eigenvalue weighted by molar-refractivity contribution is -0.139. The van der Waals surface area contributed by atoms with Gasteiger partial charge in [-0.3, -0.25) is 4.79 Å². The minimum Gasteiger partial charge on any atom is -0.465 e. The van der Waals surface area contributed by atoms with Gasteiger partial charge in [0, 0.05) is 5.56 Å². The first kappa shape index (κ1) is 14.0. The van der Waals surface area contributed by atoms with Gasteiger partial charge in [-0.15, -0.1) is 0 Å². The predicted molar refractivity (Wildman–Crippen MR) is 77.4 cm³/mol. The van der Waals surface area contributed by atoms with Crippen LogP contribution in [0.5, 0.6) is 0 Å². The molecule has 0 atom stereocenters. The SMILES string of the molecule is CCOC(=O)CSc1nc(-c2ccc(C)cc2)ns1. The Kier molecular flexibility index (Phi) is 4.93. The van der Waals surface area contributed by atoms with Crippen LogP contribution in [0.3, 0.4) is 0 Å². The Hall–Kier alpha value is -1.40. The molecule has 0 amide bonds. The average molecular weight is 294 g/mol. The largest absolute Gasteiger partial charge is 0.465 e. The van der Waals surface area contributed by atoms with Crippen molar-refractivity contribution in [2.24, 2.45) is 0 Å². The number of hydrogen-bond donors (Lipinski definition) is 0. The topological polar surface area (TPSA) is 52.1 Å². The molecule has 0 unspecified atom stereocenters. The van der Waals surface area contributed by atoms with Crippen LogP contribution in [0.4, 0.5) is 0 Å². The van der Waals surface area contributed by atoms with Gasteiger partial charge in [-0.05, 0) is 25.4 Å². The first-order valence-corrected chi connectivity index (χ1v) is 7.64. The molecule has 1 aromatic carbocycles. The van der Waals surface area contributed by atoms with E-state index in [-0.39, 0.29) is 11.7 Å². The minimum absolute atomic E-state index is 0.223. The van der Waals surface area contributed by atoms with Crippen LogP contribution in [0.25, 0.3) is 11.4 Å². The lowest BCUT2D eigenvalue weighted by atomic mass is 10.1. The third-order valence-electron chi connectivity index (χ3n) is 2.34. The molecule has 0 aliphatic heterocycles. The average Bonchev–Trinajstić information content (AvgIpc) is 2.86. The Bertz CT molecular complexity index is 552. The zero-order valence-corrected chi connectivity index (χ0v) is 12.4. The van der Waals surface area contributed by atoms with Crippen molar-refractivity contribution in [2.45, 2.75) is 18.2 Å². The molecule has 19 heavy (non-hydrogen) atoms. The molecule has 0 spiro atoms. The van der Waals surface area contributed by atoms with E-state index in [2.05, 4.69) is 9.36 Å². The summed E-state index contributed by atoms with van der Waals surface area (Å²) in [4.78, 5) is 15.6. The minimum atomic E-state index is -0.223. The Balaban J connectivity index is 1.99. The summed E-state index contributed by atoms with van der Waals surface area (Å²) in [6.45, 7) is 4.24. The summed E-state index contributed by atoms with van der Waals surface area (Å²) in [5.41, 5.74) is 2.20. The van der Waals surface area contributed by atoms with Crippen LogP contribution in [-0.2, 0) is 9.53 Å². The number of ether oxygens (including phenoxy) is 1. The molecule has 0 N–H and O–H groups in total. The molecule has 0 radical (unpaired) electrons.